The van der Waals surface area contributed by atoms with E-state index in [-0.39, 0.29) is 11.5 Å². The summed E-state index contributed by atoms with van der Waals surface area (Å²) in [5, 5.41) is 3.62. The van der Waals surface area contributed by atoms with Crippen molar-refractivity contribution in [1.29, 1.82) is 0 Å². The lowest BCUT2D eigenvalue weighted by molar-refractivity contribution is 0.0163. The average molecular weight is 571 g/mol. The lowest BCUT2D eigenvalue weighted by Crippen LogP contribution is -2.44. The van der Waals surface area contributed by atoms with Crippen LogP contribution in [0.3, 0.4) is 0 Å². The van der Waals surface area contributed by atoms with Gasteiger partial charge in [0.25, 0.3) is 0 Å². The Kier molecular flexibility index (Phi) is 10.1. The van der Waals surface area contributed by atoms with E-state index in [1.54, 1.807) is 0 Å². The Bertz CT molecular complexity index is 1130. The fourth-order valence-electron chi connectivity index (χ4n) is 5.58. The summed E-state index contributed by atoms with van der Waals surface area (Å²) in [5.41, 5.74) is 6.80. The zero-order valence-electron chi connectivity index (χ0n) is 27.6. The van der Waals surface area contributed by atoms with Crippen LogP contribution in [0.5, 0.6) is 11.5 Å². The van der Waals surface area contributed by atoms with Crippen LogP contribution < -0.4 is 14.8 Å². The molecule has 42 heavy (non-hydrogen) atoms. The second-order valence-electron chi connectivity index (χ2n) is 15.1. The molecule has 2 atom stereocenters. The molecule has 4 nitrogen and oxygen atoms in total. The highest BCUT2D eigenvalue weighted by molar-refractivity contribution is 5.40. The summed E-state index contributed by atoms with van der Waals surface area (Å²) in [7, 11) is 0. The summed E-state index contributed by atoms with van der Waals surface area (Å²) in [6, 6.07) is 26.0. The number of rotatable bonds is 0. The third-order valence-electron chi connectivity index (χ3n) is 8.68. The van der Waals surface area contributed by atoms with Gasteiger partial charge in [-0.2, -0.15) is 0 Å². The first-order valence-corrected chi connectivity index (χ1v) is 15.7. The minimum Gasteiger partial charge on any atom is -0.486 e. The lowest BCUT2D eigenvalue weighted by Gasteiger charge is -2.39. The maximum atomic E-state index is 5.87. The lowest BCUT2D eigenvalue weighted by atomic mass is 9.80. The van der Waals surface area contributed by atoms with Gasteiger partial charge < -0.3 is 14.8 Å². The molecule has 1 N–H and O–H groups in total. The van der Waals surface area contributed by atoms with Gasteiger partial charge in [0, 0.05) is 36.6 Å². The second kappa shape index (κ2) is 13.2. The molecule has 3 aromatic carbocycles. The Morgan fingerprint density at radius 2 is 1.24 bits per heavy atom. The molecule has 0 bridgehead atoms. The van der Waals surface area contributed by atoms with Crippen LogP contribution in [-0.2, 0) is 25.9 Å². The van der Waals surface area contributed by atoms with Gasteiger partial charge in [-0.1, -0.05) is 102 Å². The maximum Gasteiger partial charge on any atom is 0.161 e. The zero-order chi connectivity index (χ0) is 30.5. The van der Waals surface area contributed by atoms with E-state index in [1.807, 2.05) is 24.3 Å². The number of hydrogen-bond donors (Lipinski definition) is 1. The van der Waals surface area contributed by atoms with Gasteiger partial charge in [0.15, 0.2) is 11.5 Å². The standard InChI is InChI=1S/2C13H19N.C12H16O2/c1-13(2,3)12-8-10-6-4-5-7-11(10)9-14-12;1-13(2,3)14-9-8-11-6-4-5-7-12(11)10-14;1-12(2,3)11-8-13-9-6-4-5-7-10(9)14-11/h4-7,12,14H,8-9H2,1-3H3;4-7H,8-10H2,1-3H3;4-7,11H,8H2,1-3H3. The maximum absolute atomic E-state index is 5.87. The van der Waals surface area contributed by atoms with Crippen LogP contribution in [0.1, 0.15) is 84.6 Å². The molecular formula is C38H54N2O2. The Balaban J connectivity index is 0.000000145. The van der Waals surface area contributed by atoms with Crippen molar-refractivity contribution in [2.75, 3.05) is 13.2 Å². The first-order chi connectivity index (χ1) is 19.7. The van der Waals surface area contributed by atoms with E-state index in [9.17, 15) is 0 Å². The molecule has 0 amide bonds. The van der Waals surface area contributed by atoms with Crippen LogP contribution in [0.15, 0.2) is 72.8 Å². The van der Waals surface area contributed by atoms with Crippen molar-refractivity contribution in [3.8, 4) is 11.5 Å². The molecule has 0 spiro atoms. The Morgan fingerprint density at radius 1 is 0.667 bits per heavy atom. The van der Waals surface area contributed by atoms with Crippen molar-refractivity contribution in [2.45, 2.75) is 106 Å². The van der Waals surface area contributed by atoms with E-state index < -0.39 is 0 Å². The summed E-state index contributed by atoms with van der Waals surface area (Å²) < 4.78 is 11.5. The molecule has 0 fully saturated rings. The van der Waals surface area contributed by atoms with Gasteiger partial charge in [-0.3, -0.25) is 4.90 Å². The first kappa shape index (κ1) is 32.1. The zero-order valence-corrected chi connectivity index (χ0v) is 27.6. The van der Waals surface area contributed by atoms with E-state index in [2.05, 4.69) is 121 Å². The van der Waals surface area contributed by atoms with E-state index in [1.165, 1.54) is 41.6 Å². The molecular weight excluding hydrogens is 516 g/mol. The largest absolute Gasteiger partial charge is 0.486 e. The third-order valence-corrected chi connectivity index (χ3v) is 8.68. The van der Waals surface area contributed by atoms with Gasteiger partial charge in [-0.15, -0.1) is 0 Å². The summed E-state index contributed by atoms with van der Waals surface area (Å²) in [4.78, 5) is 2.55. The van der Waals surface area contributed by atoms with E-state index in [4.69, 9.17) is 9.47 Å². The number of nitrogens with zero attached hydrogens (tertiary/aromatic N) is 1. The topological polar surface area (TPSA) is 33.7 Å². The molecule has 0 saturated carbocycles. The predicted octanol–water partition coefficient (Wildman–Crippen LogP) is 8.46. The van der Waals surface area contributed by atoms with Crippen LogP contribution in [0.25, 0.3) is 0 Å². The minimum atomic E-state index is 0.119. The number of ether oxygens (including phenoxy) is 2. The third kappa shape index (κ3) is 8.61. The Hall–Kier alpha value is -2.82. The van der Waals surface area contributed by atoms with Gasteiger partial charge in [0.1, 0.15) is 12.7 Å². The van der Waals surface area contributed by atoms with Crippen LogP contribution in [0, 0.1) is 10.8 Å². The molecule has 0 aromatic heterocycles. The summed E-state index contributed by atoms with van der Waals surface area (Å²) in [5.74, 6) is 1.71. The van der Waals surface area contributed by atoms with Crippen molar-refractivity contribution in [2.24, 2.45) is 10.8 Å². The molecule has 2 unspecified atom stereocenters. The van der Waals surface area contributed by atoms with Gasteiger partial charge in [0.2, 0.25) is 0 Å². The highest BCUT2D eigenvalue weighted by Crippen LogP contribution is 2.35. The normalized spacial score (nSPS) is 20.1. The predicted molar refractivity (Wildman–Crippen MR) is 176 cm³/mol. The number of para-hydroxylation sites is 2. The molecule has 3 heterocycles. The van der Waals surface area contributed by atoms with Crippen molar-refractivity contribution >= 4 is 0 Å². The molecule has 3 aromatic rings. The molecule has 0 aliphatic carbocycles. The van der Waals surface area contributed by atoms with Gasteiger partial charge in [-0.25, -0.2) is 0 Å². The van der Waals surface area contributed by atoms with Crippen molar-refractivity contribution < 1.29 is 9.47 Å². The summed E-state index contributed by atoms with van der Waals surface area (Å²) in [6.07, 6.45) is 2.50. The molecule has 6 rings (SSSR count). The number of hydrogen-bond acceptors (Lipinski definition) is 4. The summed E-state index contributed by atoms with van der Waals surface area (Å²) in [6.45, 7) is 24.2. The van der Waals surface area contributed by atoms with Gasteiger partial charge in [-0.05, 0) is 73.4 Å². The molecule has 3 aliphatic heterocycles. The van der Waals surface area contributed by atoms with Crippen LogP contribution in [0.4, 0.5) is 0 Å². The first-order valence-electron chi connectivity index (χ1n) is 15.7. The quantitative estimate of drug-likeness (QED) is 0.294. The number of benzene rings is 3. The number of fused-ring (bicyclic) bond motifs is 3. The molecule has 0 saturated heterocycles. The molecule has 4 heteroatoms. The fourth-order valence-corrected chi connectivity index (χ4v) is 5.58. The van der Waals surface area contributed by atoms with Gasteiger partial charge >= 0.3 is 0 Å². The highest BCUT2D eigenvalue weighted by Gasteiger charge is 2.31. The summed E-state index contributed by atoms with van der Waals surface area (Å²) >= 11 is 0. The van der Waals surface area contributed by atoms with E-state index in [0.29, 0.717) is 23.6 Å². The minimum absolute atomic E-state index is 0.119. The monoisotopic (exact) mass is 570 g/mol. The van der Waals surface area contributed by atoms with Crippen LogP contribution in [-0.4, -0.2) is 35.7 Å². The molecule has 0 radical (unpaired) electrons. The van der Waals surface area contributed by atoms with E-state index >= 15 is 0 Å². The molecule has 228 valence electrons. The Labute approximate surface area is 255 Å². The van der Waals surface area contributed by atoms with Crippen molar-refractivity contribution in [1.82, 2.24) is 10.2 Å². The smallest absolute Gasteiger partial charge is 0.161 e. The average Bonchev–Trinajstić information content (AvgIpc) is 2.95. The van der Waals surface area contributed by atoms with Crippen molar-refractivity contribution in [3.63, 3.8) is 0 Å². The van der Waals surface area contributed by atoms with E-state index in [0.717, 1.165) is 24.6 Å². The highest BCUT2D eigenvalue weighted by atomic mass is 16.6. The SMILES string of the molecule is CC(C)(C)C1COc2ccccc2O1.CC(C)(C)C1Cc2ccccc2CN1.CC(C)(C)N1CCc2ccccc2C1. The molecule has 3 aliphatic rings. The van der Waals surface area contributed by atoms with Crippen LogP contribution in [0.2, 0.25) is 0 Å². The van der Waals surface area contributed by atoms with Gasteiger partial charge in [0.05, 0.1) is 0 Å². The Morgan fingerprint density at radius 3 is 1.86 bits per heavy atom. The fraction of sp³-hybridized carbons (Fsp3) is 0.526. The number of nitrogens with one attached hydrogen (secondary N) is 1. The van der Waals surface area contributed by atoms with Crippen LogP contribution >= 0.6 is 0 Å². The van der Waals surface area contributed by atoms with Crippen molar-refractivity contribution in [3.05, 3.63) is 95.1 Å². The second-order valence-corrected chi connectivity index (χ2v) is 15.1.